The summed E-state index contributed by atoms with van der Waals surface area (Å²) in [7, 11) is -2.35. The van der Waals surface area contributed by atoms with Crippen LogP contribution in [0.2, 0.25) is 5.02 Å². The molecular formula is C13H17ClN2O4S. The molecule has 6 nitrogen and oxygen atoms in total. The van der Waals surface area contributed by atoms with Crippen LogP contribution < -0.4 is 10.0 Å². The molecule has 2 N–H and O–H groups in total. The maximum Gasteiger partial charge on any atom is 0.322 e. The third kappa shape index (κ3) is 3.66. The highest BCUT2D eigenvalue weighted by Gasteiger charge is 2.37. The highest BCUT2D eigenvalue weighted by atomic mass is 35.5. The summed E-state index contributed by atoms with van der Waals surface area (Å²) < 4.78 is 31.8. The number of nitrogens with one attached hydrogen (secondary N) is 2. The number of rotatable bonds is 4. The van der Waals surface area contributed by atoms with Gasteiger partial charge in [0.05, 0.1) is 23.1 Å². The van der Waals surface area contributed by atoms with Crippen molar-refractivity contribution in [1.29, 1.82) is 0 Å². The molecule has 0 aliphatic carbocycles. The summed E-state index contributed by atoms with van der Waals surface area (Å²) in [4.78, 5) is 11.4. The summed E-state index contributed by atoms with van der Waals surface area (Å²) in [5, 5.41) is 2.48. The van der Waals surface area contributed by atoms with E-state index in [9.17, 15) is 13.2 Å². The van der Waals surface area contributed by atoms with E-state index in [2.05, 4.69) is 14.8 Å². The standard InChI is InChI=1S/C13H17ClN2O4S/c1-8-3-4-11(10(14)5-8)16-21(18,19)9-6-12(15-7-9)13(17)20-2/h3-5,9,12,15-16H,6-7H2,1-2H3. The number of benzene rings is 1. The lowest BCUT2D eigenvalue weighted by molar-refractivity contribution is -0.142. The van der Waals surface area contributed by atoms with Gasteiger partial charge in [-0.3, -0.25) is 9.52 Å². The number of methoxy groups -OCH3 is 1. The van der Waals surface area contributed by atoms with E-state index in [1.54, 1.807) is 18.2 Å². The number of sulfonamides is 1. The van der Waals surface area contributed by atoms with Gasteiger partial charge in [-0.25, -0.2) is 8.42 Å². The molecule has 1 fully saturated rings. The van der Waals surface area contributed by atoms with Gasteiger partial charge in [-0.2, -0.15) is 0 Å². The predicted molar refractivity (Wildman–Crippen MR) is 80.9 cm³/mol. The van der Waals surface area contributed by atoms with Crippen molar-refractivity contribution in [2.45, 2.75) is 24.6 Å². The van der Waals surface area contributed by atoms with Gasteiger partial charge in [0, 0.05) is 6.54 Å². The van der Waals surface area contributed by atoms with Crippen molar-refractivity contribution >= 4 is 33.3 Å². The monoisotopic (exact) mass is 332 g/mol. The average molecular weight is 333 g/mol. The predicted octanol–water partition coefficient (Wildman–Crippen LogP) is 1.29. The molecule has 2 rings (SSSR count). The zero-order valence-electron chi connectivity index (χ0n) is 11.7. The highest BCUT2D eigenvalue weighted by molar-refractivity contribution is 7.93. The number of hydrogen-bond acceptors (Lipinski definition) is 5. The third-order valence-corrected chi connectivity index (χ3v) is 5.45. The molecule has 0 saturated carbocycles. The Bertz CT molecular complexity index is 648. The van der Waals surface area contributed by atoms with Gasteiger partial charge in [0.15, 0.2) is 0 Å². The second-order valence-corrected chi connectivity index (χ2v) is 7.34. The maximum absolute atomic E-state index is 12.3. The van der Waals surface area contributed by atoms with Gasteiger partial charge in [0.25, 0.3) is 0 Å². The quantitative estimate of drug-likeness (QED) is 0.812. The molecule has 0 amide bonds. The van der Waals surface area contributed by atoms with Gasteiger partial charge in [-0.1, -0.05) is 17.7 Å². The number of carbonyl (C=O) groups is 1. The molecule has 21 heavy (non-hydrogen) atoms. The summed E-state index contributed by atoms with van der Waals surface area (Å²) in [6.45, 7) is 2.06. The minimum absolute atomic E-state index is 0.172. The van der Waals surface area contributed by atoms with E-state index in [-0.39, 0.29) is 13.0 Å². The van der Waals surface area contributed by atoms with E-state index in [1.165, 1.54) is 7.11 Å². The Labute approximate surface area is 128 Å². The number of anilines is 1. The van der Waals surface area contributed by atoms with Crippen molar-refractivity contribution in [2.75, 3.05) is 18.4 Å². The van der Waals surface area contributed by atoms with E-state index >= 15 is 0 Å². The minimum Gasteiger partial charge on any atom is -0.468 e. The van der Waals surface area contributed by atoms with Crippen molar-refractivity contribution in [1.82, 2.24) is 5.32 Å². The van der Waals surface area contributed by atoms with E-state index in [0.29, 0.717) is 10.7 Å². The lowest BCUT2D eigenvalue weighted by atomic mass is 10.2. The van der Waals surface area contributed by atoms with Crippen LogP contribution in [0, 0.1) is 6.92 Å². The Morgan fingerprint density at radius 2 is 2.19 bits per heavy atom. The van der Waals surface area contributed by atoms with Gasteiger partial charge in [-0.05, 0) is 31.0 Å². The number of carbonyl (C=O) groups excluding carboxylic acids is 1. The van der Waals surface area contributed by atoms with Crippen LogP contribution >= 0.6 is 11.6 Å². The second-order valence-electron chi connectivity index (χ2n) is 4.97. The van der Waals surface area contributed by atoms with Crippen LogP contribution in [0.1, 0.15) is 12.0 Å². The minimum atomic E-state index is -3.63. The van der Waals surface area contributed by atoms with Crippen LogP contribution in [-0.4, -0.2) is 39.3 Å². The largest absolute Gasteiger partial charge is 0.468 e. The molecule has 0 bridgehead atoms. The second kappa shape index (κ2) is 6.21. The molecule has 1 aliphatic heterocycles. The molecule has 2 unspecified atom stereocenters. The van der Waals surface area contributed by atoms with Crippen LogP contribution in [0.5, 0.6) is 0 Å². The molecule has 0 aromatic heterocycles. The van der Waals surface area contributed by atoms with Gasteiger partial charge >= 0.3 is 5.97 Å². The number of hydrogen-bond donors (Lipinski definition) is 2. The van der Waals surface area contributed by atoms with Crippen molar-refractivity contribution in [3.05, 3.63) is 28.8 Å². The van der Waals surface area contributed by atoms with Gasteiger partial charge < -0.3 is 10.1 Å². The van der Waals surface area contributed by atoms with E-state index in [4.69, 9.17) is 11.6 Å². The van der Waals surface area contributed by atoms with Crippen molar-refractivity contribution in [2.24, 2.45) is 0 Å². The summed E-state index contributed by atoms with van der Waals surface area (Å²) in [5.74, 6) is -0.457. The van der Waals surface area contributed by atoms with E-state index in [1.807, 2.05) is 6.92 Å². The molecule has 2 atom stereocenters. The van der Waals surface area contributed by atoms with Crippen molar-refractivity contribution in [3.8, 4) is 0 Å². The van der Waals surface area contributed by atoms with Gasteiger partial charge in [0.1, 0.15) is 6.04 Å². The van der Waals surface area contributed by atoms with Crippen LogP contribution in [-0.2, 0) is 19.6 Å². The smallest absolute Gasteiger partial charge is 0.322 e. The van der Waals surface area contributed by atoms with Crippen LogP contribution in [0.15, 0.2) is 18.2 Å². The fraction of sp³-hybridized carbons (Fsp3) is 0.462. The molecule has 8 heteroatoms. The summed E-state index contributed by atoms with van der Waals surface area (Å²) in [5.41, 5.74) is 1.28. The zero-order valence-corrected chi connectivity index (χ0v) is 13.3. The summed E-state index contributed by atoms with van der Waals surface area (Å²) in [6.07, 6.45) is 0.172. The first-order valence-corrected chi connectivity index (χ1v) is 8.35. The number of halogens is 1. The summed E-state index contributed by atoms with van der Waals surface area (Å²) >= 11 is 6.03. The Balaban J connectivity index is 2.11. The molecule has 1 aromatic carbocycles. The van der Waals surface area contributed by atoms with Crippen LogP contribution in [0.4, 0.5) is 5.69 Å². The topological polar surface area (TPSA) is 84.5 Å². The Morgan fingerprint density at radius 3 is 2.81 bits per heavy atom. The summed E-state index contributed by atoms with van der Waals surface area (Å²) in [6, 6.07) is 4.48. The fourth-order valence-corrected chi connectivity index (χ4v) is 3.95. The Hall–Kier alpha value is -1.31. The molecule has 116 valence electrons. The van der Waals surface area contributed by atoms with Crippen molar-refractivity contribution < 1.29 is 17.9 Å². The molecule has 1 heterocycles. The Kier molecular flexibility index (Phi) is 4.75. The average Bonchev–Trinajstić information content (AvgIpc) is 2.91. The third-order valence-electron chi connectivity index (χ3n) is 3.39. The lowest BCUT2D eigenvalue weighted by Gasteiger charge is -2.14. The Morgan fingerprint density at radius 1 is 1.48 bits per heavy atom. The zero-order chi connectivity index (χ0) is 15.6. The van der Waals surface area contributed by atoms with Gasteiger partial charge in [-0.15, -0.1) is 0 Å². The maximum atomic E-state index is 12.3. The molecule has 1 aliphatic rings. The molecular weight excluding hydrogens is 316 g/mol. The van der Waals surface area contributed by atoms with Crippen LogP contribution in [0.3, 0.4) is 0 Å². The SMILES string of the molecule is COC(=O)C1CC(S(=O)(=O)Nc2ccc(C)cc2Cl)CN1. The molecule has 0 spiro atoms. The van der Waals surface area contributed by atoms with Crippen LogP contribution in [0.25, 0.3) is 0 Å². The first-order chi connectivity index (χ1) is 9.83. The first kappa shape index (κ1) is 16.1. The molecule has 0 radical (unpaired) electrons. The van der Waals surface area contributed by atoms with Crippen molar-refractivity contribution in [3.63, 3.8) is 0 Å². The fourth-order valence-electron chi connectivity index (χ4n) is 2.20. The highest BCUT2D eigenvalue weighted by Crippen LogP contribution is 2.26. The van der Waals surface area contributed by atoms with E-state index in [0.717, 1.165) is 5.56 Å². The van der Waals surface area contributed by atoms with E-state index < -0.39 is 27.3 Å². The molecule has 1 saturated heterocycles. The lowest BCUT2D eigenvalue weighted by Crippen LogP contribution is -2.31. The first-order valence-electron chi connectivity index (χ1n) is 6.42. The number of aryl methyl sites for hydroxylation is 1. The normalized spacial score (nSPS) is 22.0. The number of esters is 1. The molecule has 1 aromatic rings. The van der Waals surface area contributed by atoms with Gasteiger partial charge in [0.2, 0.25) is 10.0 Å². The number of ether oxygens (including phenoxy) is 1.